The van der Waals surface area contributed by atoms with Crippen molar-refractivity contribution in [3.05, 3.63) is 16.7 Å². The highest BCUT2D eigenvalue weighted by molar-refractivity contribution is 7.66. The van der Waals surface area contributed by atoms with E-state index < -0.39 is 54.1 Å². The van der Waals surface area contributed by atoms with Crippen LogP contribution in [0.5, 0.6) is 0 Å². The lowest BCUT2D eigenvalue weighted by atomic mass is 10.2. The molecule has 2 unspecified atom stereocenters. The van der Waals surface area contributed by atoms with Gasteiger partial charge >= 0.3 is 23.5 Å². The van der Waals surface area contributed by atoms with Crippen LogP contribution in [0.2, 0.25) is 0 Å². The molecule has 1 aliphatic heterocycles. The molecule has 0 aromatic carbocycles. The Morgan fingerprint density at radius 2 is 1.94 bits per heavy atom. The molecule has 0 saturated carbocycles. The summed E-state index contributed by atoms with van der Waals surface area (Å²) >= 11 is 0. The summed E-state index contributed by atoms with van der Waals surface area (Å²) in [6, 6.07) is 0. The average Bonchev–Trinajstić information content (AvgIpc) is 3.21. The largest absolute Gasteiger partial charge is 0.490 e. The van der Waals surface area contributed by atoms with Crippen molar-refractivity contribution < 1.29 is 56.3 Å². The number of fused-ring (bicyclic) bond motifs is 1. The molecular formula is C11H18BN6O13P3. The lowest BCUT2D eigenvalue weighted by Crippen LogP contribution is -2.26. The Bertz CT molecular complexity index is 1290. The molecule has 0 bridgehead atoms. The van der Waals surface area contributed by atoms with Crippen LogP contribution in [0.3, 0.4) is 0 Å². The number of ether oxygens (including phenoxy) is 1. The lowest BCUT2D eigenvalue weighted by Gasteiger charge is -2.19. The normalized spacial score (nSPS) is 24.1. The number of anilines is 1. The number of nitriles is 1. The zero-order valence-corrected chi connectivity index (χ0v) is 18.5. The fourth-order valence-corrected chi connectivity index (χ4v) is 5.79. The van der Waals surface area contributed by atoms with Gasteiger partial charge in [0.05, 0.1) is 27.5 Å². The first-order chi connectivity index (χ1) is 15.2. The lowest BCUT2D eigenvalue weighted by molar-refractivity contribution is -0.0423. The third-order valence-corrected chi connectivity index (χ3v) is 7.74. The number of aliphatic hydroxyl groups excluding tert-OH is 1. The second-order valence-electron chi connectivity index (χ2n) is 6.29. The molecule has 23 heteroatoms. The Labute approximate surface area is 190 Å². The van der Waals surface area contributed by atoms with E-state index in [0.29, 0.717) is 0 Å². The van der Waals surface area contributed by atoms with E-state index in [1.807, 2.05) is 0 Å². The Kier molecular flexibility index (Phi) is 8.60. The number of nitrogens with one attached hydrogen (secondary N) is 2. The number of H-pyrrole nitrogens is 1. The number of hydrogen-bond donors (Lipinski definition) is 7. The SMILES string of the molecule is B.N#CNc1nc2c(ncn2[C@H]2C[C@H](O)[C@@H](COP(=O)(O)OP(=O)(O)OP(=O)(O)O)O2)c(=O)[nH]1. The van der Waals surface area contributed by atoms with E-state index in [4.69, 9.17) is 24.7 Å². The number of phosphoric ester groups is 1. The standard InChI is InChI=1S/C11H15N6O13P3.BH3/c12-3-13-11-15-9-8(10(19)16-11)14-4-17(9)7-1-5(18)6(28-7)2-27-32(23,24)30-33(25,26)29-31(20,21)22;/h4-7,18H,1-2H2,(H,23,24)(H,25,26)(H2,20,21,22)(H2,13,15,16,19);1H3/t5-,6+,7+;/m0./s1. The Balaban J connectivity index is 0.00000408. The van der Waals surface area contributed by atoms with Crippen molar-refractivity contribution in [2.45, 2.75) is 24.9 Å². The van der Waals surface area contributed by atoms with Crippen LogP contribution in [0, 0.1) is 11.5 Å². The second kappa shape index (κ2) is 10.3. The van der Waals surface area contributed by atoms with Gasteiger partial charge in [0.2, 0.25) is 5.95 Å². The van der Waals surface area contributed by atoms with Crippen molar-refractivity contribution in [1.82, 2.24) is 19.5 Å². The zero-order valence-electron chi connectivity index (χ0n) is 15.9. The fourth-order valence-electron chi connectivity index (χ4n) is 2.76. The number of imidazole rings is 1. The molecule has 0 radical (unpaired) electrons. The molecular weight excluding hydrogens is 528 g/mol. The molecule has 1 fully saturated rings. The smallest absolute Gasteiger partial charge is 0.390 e. The van der Waals surface area contributed by atoms with Gasteiger partial charge in [-0.25, -0.2) is 18.7 Å². The van der Waals surface area contributed by atoms with Crippen LogP contribution >= 0.6 is 23.5 Å². The van der Waals surface area contributed by atoms with Gasteiger partial charge in [0.15, 0.2) is 17.4 Å². The molecule has 1 saturated heterocycles. The first kappa shape index (κ1) is 28.3. The third kappa shape index (κ3) is 7.03. The average molecular weight is 546 g/mol. The van der Waals surface area contributed by atoms with Gasteiger partial charge < -0.3 is 29.4 Å². The number of aromatic amines is 1. The highest BCUT2D eigenvalue weighted by Crippen LogP contribution is 2.66. The highest BCUT2D eigenvalue weighted by atomic mass is 31.3. The van der Waals surface area contributed by atoms with Gasteiger partial charge in [-0.2, -0.15) is 18.9 Å². The maximum absolute atomic E-state index is 12.0. The molecule has 0 aliphatic carbocycles. The summed E-state index contributed by atoms with van der Waals surface area (Å²) in [6.07, 6.45) is -0.982. The van der Waals surface area contributed by atoms with Crippen molar-refractivity contribution >= 4 is 49.0 Å². The van der Waals surface area contributed by atoms with Crippen LogP contribution in [0.15, 0.2) is 11.1 Å². The molecule has 2 aromatic heterocycles. The predicted octanol–water partition coefficient (Wildman–Crippen LogP) is -2.18. The highest BCUT2D eigenvalue weighted by Gasteiger charge is 2.43. The number of aromatic nitrogens is 4. The first-order valence-corrected chi connectivity index (χ1v) is 13.0. The molecule has 3 rings (SSSR count). The van der Waals surface area contributed by atoms with Crippen LogP contribution in [0.4, 0.5) is 5.95 Å². The molecule has 19 nitrogen and oxygen atoms in total. The monoisotopic (exact) mass is 546 g/mol. The van der Waals surface area contributed by atoms with Gasteiger partial charge in [-0.15, -0.1) is 0 Å². The zero-order chi connectivity index (χ0) is 24.6. The number of nitrogens with zero attached hydrogens (tertiary/aromatic N) is 4. The molecule has 0 amide bonds. The topological polar surface area (TPSA) is 289 Å². The minimum Gasteiger partial charge on any atom is -0.390 e. The van der Waals surface area contributed by atoms with Crippen molar-refractivity contribution in [2.24, 2.45) is 0 Å². The van der Waals surface area contributed by atoms with Crippen LogP contribution in [0.1, 0.15) is 12.6 Å². The van der Waals surface area contributed by atoms with E-state index in [1.54, 1.807) is 6.19 Å². The number of hydrogen-bond acceptors (Lipinski definition) is 13. The second-order valence-corrected chi connectivity index (χ2v) is 10.7. The quantitative estimate of drug-likeness (QED) is 0.0761. The summed E-state index contributed by atoms with van der Waals surface area (Å²) in [5.41, 5.74) is -0.783. The summed E-state index contributed by atoms with van der Waals surface area (Å²) in [4.78, 5) is 57.9. The van der Waals surface area contributed by atoms with E-state index >= 15 is 0 Å². The van der Waals surface area contributed by atoms with Gasteiger partial charge in [-0.3, -0.25) is 24.2 Å². The number of rotatable bonds is 9. The van der Waals surface area contributed by atoms with E-state index in [9.17, 15) is 28.5 Å². The summed E-state index contributed by atoms with van der Waals surface area (Å²) in [5, 5.41) is 21.0. The fraction of sp³-hybridized carbons (Fsp3) is 0.455. The molecule has 188 valence electrons. The summed E-state index contributed by atoms with van der Waals surface area (Å²) in [7, 11) is -16.6. The minimum atomic E-state index is -5.69. The maximum atomic E-state index is 12.0. The summed E-state index contributed by atoms with van der Waals surface area (Å²) in [5.74, 6) is -0.181. The molecule has 2 aromatic rings. The van der Waals surface area contributed by atoms with Crippen molar-refractivity contribution in [1.29, 1.82) is 5.26 Å². The van der Waals surface area contributed by atoms with E-state index in [0.717, 1.165) is 0 Å². The molecule has 3 heterocycles. The minimum absolute atomic E-state index is 0. The van der Waals surface area contributed by atoms with Gasteiger partial charge in [0.1, 0.15) is 12.3 Å². The number of phosphoric acid groups is 3. The number of aliphatic hydroxyl groups is 1. The third-order valence-electron chi connectivity index (χ3n) is 3.94. The van der Waals surface area contributed by atoms with Crippen LogP contribution in [-0.4, -0.2) is 71.4 Å². The van der Waals surface area contributed by atoms with Crippen LogP contribution in [-0.2, 0) is 31.6 Å². The molecule has 34 heavy (non-hydrogen) atoms. The molecule has 1 aliphatic rings. The van der Waals surface area contributed by atoms with Crippen LogP contribution < -0.4 is 10.9 Å². The Hall–Kier alpha value is -1.97. The van der Waals surface area contributed by atoms with Gasteiger partial charge in [-0.1, -0.05) is 0 Å². The van der Waals surface area contributed by atoms with E-state index in [1.165, 1.54) is 10.9 Å². The van der Waals surface area contributed by atoms with Crippen molar-refractivity contribution in [2.75, 3.05) is 11.9 Å². The van der Waals surface area contributed by atoms with Gasteiger partial charge in [0, 0.05) is 6.42 Å². The summed E-state index contributed by atoms with van der Waals surface area (Å²) < 4.78 is 52.2. The van der Waals surface area contributed by atoms with Gasteiger partial charge in [-0.05, 0) is 0 Å². The molecule has 7 N–H and O–H groups in total. The van der Waals surface area contributed by atoms with Crippen LogP contribution in [0.25, 0.3) is 11.2 Å². The van der Waals surface area contributed by atoms with Gasteiger partial charge in [0.25, 0.3) is 5.56 Å². The molecule has 5 atom stereocenters. The Morgan fingerprint density at radius 3 is 2.56 bits per heavy atom. The van der Waals surface area contributed by atoms with Crippen molar-refractivity contribution in [3.63, 3.8) is 0 Å². The predicted molar refractivity (Wildman–Crippen MR) is 112 cm³/mol. The first-order valence-electron chi connectivity index (χ1n) is 8.43. The van der Waals surface area contributed by atoms with E-state index in [2.05, 4.69) is 33.4 Å². The van der Waals surface area contributed by atoms with Crippen molar-refractivity contribution in [3.8, 4) is 6.19 Å². The summed E-state index contributed by atoms with van der Waals surface area (Å²) in [6.45, 7) is -0.872. The maximum Gasteiger partial charge on any atom is 0.490 e. The van der Waals surface area contributed by atoms with E-state index in [-0.39, 0.29) is 31.9 Å². The molecule has 0 spiro atoms. The Morgan fingerprint density at radius 1 is 1.26 bits per heavy atom.